The molecule has 6 nitrogen and oxygen atoms in total. The number of sulfonamides is 1. The first-order chi connectivity index (χ1) is 14.6. The molecule has 0 radical (unpaired) electrons. The Bertz CT molecular complexity index is 1280. The second kappa shape index (κ2) is 7.45. The number of fused-ring (bicyclic) bond motifs is 2. The van der Waals surface area contributed by atoms with Gasteiger partial charge in [-0.2, -0.15) is 13.2 Å². The van der Waals surface area contributed by atoms with E-state index in [-0.39, 0.29) is 16.2 Å². The molecule has 162 valence electrons. The summed E-state index contributed by atoms with van der Waals surface area (Å²) < 4.78 is 78.1. The van der Waals surface area contributed by atoms with Crippen LogP contribution in [0.15, 0.2) is 59.5 Å². The molecule has 0 aliphatic carbocycles. The molecule has 1 atom stereocenters. The Labute approximate surface area is 175 Å². The summed E-state index contributed by atoms with van der Waals surface area (Å²) in [6, 6.07) is 13.2. The molecule has 1 aliphatic heterocycles. The summed E-state index contributed by atoms with van der Waals surface area (Å²) in [7, 11) is -3.06. The molecule has 1 amide bonds. The van der Waals surface area contributed by atoms with Crippen molar-refractivity contribution in [1.29, 1.82) is 0 Å². The van der Waals surface area contributed by atoms with Crippen molar-refractivity contribution < 1.29 is 35.9 Å². The van der Waals surface area contributed by atoms with Crippen molar-refractivity contribution in [2.75, 3.05) is 13.7 Å². The molecule has 1 heterocycles. The summed E-state index contributed by atoms with van der Waals surface area (Å²) in [6.07, 6.45) is -4.71. The zero-order chi connectivity index (χ0) is 22.4. The maximum absolute atomic E-state index is 13.3. The fourth-order valence-corrected chi connectivity index (χ4v) is 4.86. The van der Waals surface area contributed by atoms with Gasteiger partial charge in [-0.25, -0.2) is 13.1 Å². The van der Waals surface area contributed by atoms with Gasteiger partial charge in [0.1, 0.15) is 24.0 Å². The van der Waals surface area contributed by atoms with E-state index in [0.29, 0.717) is 10.8 Å². The van der Waals surface area contributed by atoms with Crippen LogP contribution in [0.3, 0.4) is 0 Å². The number of benzene rings is 3. The summed E-state index contributed by atoms with van der Waals surface area (Å²) in [6.45, 7) is -0.449. The monoisotopic (exact) mass is 451 g/mol. The van der Waals surface area contributed by atoms with Gasteiger partial charge in [-0.05, 0) is 23.6 Å². The van der Waals surface area contributed by atoms with Crippen LogP contribution in [-0.2, 0) is 21.0 Å². The molecule has 0 bridgehead atoms. The van der Waals surface area contributed by atoms with Crippen LogP contribution in [0.5, 0.6) is 11.5 Å². The summed E-state index contributed by atoms with van der Waals surface area (Å²) in [5.74, 6) is -2.83. The number of alkyl halides is 3. The highest BCUT2D eigenvalue weighted by Gasteiger charge is 2.43. The first-order valence-electron chi connectivity index (χ1n) is 9.09. The van der Waals surface area contributed by atoms with Crippen LogP contribution < -0.4 is 14.2 Å². The lowest BCUT2D eigenvalue weighted by molar-refractivity contribution is -0.138. The van der Waals surface area contributed by atoms with Crippen molar-refractivity contribution in [2.45, 2.75) is 17.0 Å². The Morgan fingerprint density at radius 2 is 1.81 bits per heavy atom. The molecule has 1 unspecified atom stereocenters. The molecule has 31 heavy (non-hydrogen) atoms. The van der Waals surface area contributed by atoms with E-state index < -0.39 is 45.9 Å². The van der Waals surface area contributed by atoms with Gasteiger partial charge in [-0.15, -0.1) is 0 Å². The number of amides is 1. The Hall–Kier alpha value is -3.27. The lowest BCUT2D eigenvalue weighted by Gasteiger charge is -2.16. The number of hydrogen-bond acceptors (Lipinski definition) is 5. The second-order valence-corrected chi connectivity index (χ2v) is 8.52. The van der Waals surface area contributed by atoms with Gasteiger partial charge in [0, 0.05) is 5.39 Å². The van der Waals surface area contributed by atoms with Gasteiger partial charge in [0.2, 0.25) is 5.91 Å². The molecule has 0 spiro atoms. The minimum Gasteiger partial charge on any atom is -0.496 e. The number of rotatable bonds is 4. The van der Waals surface area contributed by atoms with E-state index in [9.17, 15) is 26.4 Å². The van der Waals surface area contributed by atoms with Crippen LogP contribution in [0, 0.1) is 0 Å². The van der Waals surface area contributed by atoms with Gasteiger partial charge in [0.05, 0.1) is 23.1 Å². The van der Waals surface area contributed by atoms with Gasteiger partial charge in [0.15, 0.2) is 0 Å². The van der Waals surface area contributed by atoms with Gasteiger partial charge < -0.3 is 9.47 Å². The SMILES string of the molecule is COc1ccc(C(F)(F)F)c2c1C(C(=O)NS(=O)(=O)c1cccc3ccccc13)CO2. The molecule has 4 rings (SSSR count). The van der Waals surface area contributed by atoms with Crippen LogP contribution in [-0.4, -0.2) is 28.0 Å². The maximum atomic E-state index is 13.3. The Kier molecular flexibility index (Phi) is 5.04. The quantitative estimate of drug-likeness (QED) is 0.652. The Morgan fingerprint density at radius 1 is 1.10 bits per heavy atom. The van der Waals surface area contributed by atoms with Gasteiger partial charge in [-0.1, -0.05) is 36.4 Å². The largest absolute Gasteiger partial charge is 0.496 e. The van der Waals surface area contributed by atoms with E-state index in [4.69, 9.17) is 9.47 Å². The number of carbonyl (C=O) groups excluding carboxylic acids is 1. The van der Waals surface area contributed by atoms with Gasteiger partial charge in [0.25, 0.3) is 10.0 Å². The molecule has 0 saturated heterocycles. The average molecular weight is 451 g/mol. The normalized spacial score (nSPS) is 15.9. The van der Waals surface area contributed by atoms with E-state index in [1.807, 2.05) is 4.72 Å². The van der Waals surface area contributed by atoms with E-state index >= 15 is 0 Å². The Morgan fingerprint density at radius 3 is 2.52 bits per heavy atom. The minimum absolute atomic E-state index is 0.00297. The standard InChI is InChI=1S/C21H16F3NO5S/c1-29-16-10-9-15(21(22,23)24)19-18(16)14(11-30-19)20(26)25-31(27,28)17-8-4-6-12-5-2-3-7-13(12)17/h2-10,14H,11H2,1H3,(H,25,26). The fourth-order valence-electron chi connectivity index (χ4n) is 3.61. The summed E-state index contributed by atoms with van der Waals surface area (Å²) >= 11 is 0. The predicted molar refractivity (Wildman–Crippen MR) is 106 cm³/mol. The van der Waals surface area contributed by atoms with Crippen molar-refractivity contribution in [3.8, 4) is 11.5 Å². The number of ether oxygens (including phenoxy) is 2. The zero-order valence-electron chi connectivity index (χ0n) is 16.1. The third-order valence-corrected chi connectivity index (χ3v) is 6.42. The molecule has 0 saturated carbocycles. The third-order valence-electron chi connectivity index (χ3n) is 5.01. The number of carbonyl (C=O) groups is 1. The number of hydrogen-bond donors (Lipinski definition) is 1. The van der Waals surface area contributed by atoms with Crippen molar-refractivity contribution in [2.24, 2.45) is 0 Å². The Balaban J connectivity index is 1.71. The van der Waals surface area contributed by atoms with E-state index in [2.05, 4.69) is 0 Å². The minimum atomic E-state index is -4.71. The summed E-state index contributed by atoms with van der Waals surface area (Å²) in [5.41, 5.74) is -1.20. The zero-order valence-corrected chi connectivity index (χ0v) is 16.9. The molecular weight excluding hydrogens is 435 g/mol. The van der Waals surface area contributed by atoms with Crippen molar-refractivity contribution in [3.63, 3.8) is 0 Å². The van der Waals surface area contributed by atoms with E-state index in [1.165, 1.54) is 19.2 Å². The number of halogens is 3. The van der Waals surface area contributed by atoms with Crippen molar-refractivity contribution in [3.05, 3.63) is 65.7 Å². The molecular formula is C21H16F3NO5S. The molecule has 1 N–H and O–H groups in total. The number of methoxy groups -OCH3 is 1. The molecule has 3 aromatic rings. The van der Waals surface area contributed by atoms with Crippen LogP contribution in [0.1, 0.15) is 17.0 Å². The number of nitrogens with one attached hydrogen (secondary N) is 1. The predicted octanol–water partition coefficient (Wildman–Crippen LogP) is 3.85. The van der Waals surface area contributed by atoms with Gasteiger partial charge >= 0.3 is 6.18 Å². The van der Waals surface area contributed by atoms with Gasteiger partial charge in [-0.3, -0.25) is 4.79 Å². The van der Waals surface area contributed by atoms with E-state index in [1.54, 1.807) is 30.3 Å². The highest BCUT2D eigenvalue weighted by molar-refractivity contribution is 7.90. The van der Waals surface area contributed by atoms with Crippen LogP contribution >= 0.6 is 0 Å². The second-order valence-electron chi connectivity index (χ2n) is 6.87. The van der Waals surface area contributed by atoms with Crippen molar-refractivity contribution in [1.82, 2.24) is 4.72 Å². The lowest BCUT2D eigenvalue weighted by atomic mass is 9.97. The van der Waals surface area contributed by atoms with Crippen LogP contribution in [0.4, 0.5) is 13.2 Å². The van der Waals surface area contributed by atoms with Crippen molar-refractivity contribution >= 4 is 26.7 Å². The first-order valence-corrected chi connectivity index (χ1v) is 10.6. The average Bonchev–Trinajstić information content (AvgIpc) is 3.17. The maximum Gasteiger partial charge on any atom is 0.419 e. The third kappa shape index (κ3) is 3.67. The smallest absolute Gasteiger partial charge is 0.419 e. The van der Waals surface area contributed by atoms with E-state index in [0.717, 1.165) is 12.1 Å². The molecule has 1 aliphatic rings. The lowest BCUT2D eigenvalue weighted by Crippen LogP contribution is -2.35. The topological polar surface area (TPSA) is 81.7 Å². The van der Waals surface area contributed by atoms with Crippen LogP contribution in [0.2, 0.25) is 0 Å². The molecule has 0 fully saturated rings. The molecule has 0 aromatic heterocycles. The molecule has 3 aromatic carbocycles. The summed E-state index contributed by atoms with van der Waals surface area (Å²) in [4.78, 5) is 12.7. The van der Waals surface area contributed by atoms with Crippen LogP contribution in [0.25, 0.3) is 10.8 Å². The highest BCUT2D eigenvalue weighted by Crippen LogP contribution is 2.48. The first kappa shape index (κ1) is 21.0. The fraction of sp³-hybridized carbons (Fsp3) is 0.190. The highest BCUT2D eigenvalue weighted by atomic mass is 32.2. The molecule has 10 heteroatoms. The summed E-state index contributed by atoms with van der Waals surface area (Å²) in [5, 5.41) is 1.06.